The summed E-state index contributed by atoms with van der Waals surface area (Å²) in [5.74, 6) is -0.650. The van der Waals surface area contributed by atoms with Gasteiger partial charge >= 0.3 is 6.01 Å². The van der Waals surface area contributed by atoms with Gasteiger partial charge in [-0.05, 0) is 54.7 Å². The van der Waals surface area contributed by atoms with E-state index in [1.54, 1.807) is 6.21 Å². The predicted molar refractivity (Wildman–Crippen MR) is 109 cm³/mol. The second-order valence-electron chi connectivity index (χ2n) is 8.71. The molecule has 3 saturated carbocycles. The highest BCUT2D eigenvalue weighted by Crippen LogP contribution is 2.53. The van der Waals surface area contributed by atoms with Gasteiger partial charge in [0.25, 0.3) is 0 Å². The fourth-order valence-corrected chi connectivity index (χ4v) is 5.11. The molecule has 1 aliphatic heterocycles. The number of carbonyl (C=O) groups is 1. The minimum absolute atomic E-state index is 0.101. The number of ether oxygens (including phenoxy) is 1. The van der Waals surface area contributed by atoms with Crippen LogP contribution in [0, 0.1) is 46.6 Å². The molecule has 2 bridgehead atoms. The molecule has 4 aliphatic rings. The van der Waals surface area contributed by atoms with Gasteiger partial charge < -0.3 is 4.74 Å². The molecular weight excluding hydrogens is 416 g/mol. The van der Waals surface area contributed by atoms with E-state index in [-0.39, 0.29) is 23.8 Å². The Hall–Kier alpha value is -3.41. The highest BCUT2D eigenvalue weighted by Gasteiger charge is 2.50. The summed E-state index contributed by atoms with van der Waals surface area (Å²) in [7, 11) is 0. The zero-order valence-corrected chi connectivity index (χ0v) is 17.2. The number of hydrogen-bond donors (Lipinski definition) is 0. The van der Waals surface area contributed by atoms with Gasteiger partial charge in [0, 0.05) is 24.6 Å². The van der Waals surface area contributed by atoms with Crippen LogP contribution in [0.15, 0.2) is 35.7 Å². The molecule has 7 nitrogen and oxygen atoms in total. The molecule has 3 fully saturated rings. The molecule has 0 N–H and O–H groups in total. The maximum Gasteiger partial charge on any atom is 0.316 e. The van der Waals surface area contributed by atoms with Gasteiger partial charge in [0.05, 0.1) is 30.6 Å². The number of nitrogens with zero attached hydrogens (tertiary/aromatic N) is 5. The molecule has 9 heteroatoms. The number of nitriles is 1. The van der Waals surface area contributed by atoms with Crippen LogP contribution in [0.25, 0.3) is 0 Å². The first kappa shape index (κ1) is 20.5. The first-order valence-corrected chi connectivity index (χ1v) is 10.7. The van der Waals surface area contributed by atoms with Crippen molar-refractivity contribution >= 4 is 12.1 Å². The van der Waals surface area contributed by atoms with Crippen LogP contribution >= 0.6 is 0 Å². The van der Waals surface area contributed by atoms with Crippen LogP contribution in [-0.2, 0) is 4.79 Å². The summed E-state index contributed by atoms with van der Waals surface area (Å²) in [5, 5.41) is 14.5. The Morgan fingerprint density at radius 3 is 2.53 bits per heavy atom. The molecule has 2 heterocycles. The summed E-state index contributed by atoms with van der Waals surface area (Å²) < 4.78 is 33.2. The average molecular weight is 437 g/mol. The SMILES string of the molecule is N#Cc1cnc(OC[C@@H]2CC(C(=O)N3N=CCC3c3cc(F)cc(F)c3)C3CC2C3)nc1. The largest absolute Gasteiger partial charge is 0.463 e. The van der Waals surface area contributed by atoms with Gasteiger partial charge in [-0.3, -0.25) is 4.79 Å². The van der Waals surface area contributed by atoms with Crippen molar-refractivity contribution in [3.63, 3.8) is 0 Å². The zero-order valence-electron chi connectivity index (χ0n) is 17.2. The zero-order chi connectivity index (χ0) is 22.2. The van der Waals surface area contributed by atoms with Gasteiger partial charge in [0.15, 0.2) is 0 Å². The highest BCUT2D eigenvalue weighted by atomic mass is 19.1. The van der Waals surface area contributed by atoms with Gasteiger partial charge in [-0.15, -0.1) is 0 Å². The van der Waals surface area contributed by atoms with Gasteiger partial charge in [-0.1, -0.05) is 0 Å². The normalized spacial score (nSPS) is 28.2. The number of hydrogen-bond acceptors (Lipinski definition) is 6. The Bertz CT molecular complexity index is 1070. The molecule has 6 rings (SSSR count). The summed E-state index contributed by atoms with van der Waals surface area (Å²) >= 11 is 0. The molecule has 1 aromatic carbocycles. The molecule has 32 heavy (non-hydrogen) atoms. The van der Waals surface area contributed by atoms with E-state index in [9.17, 15) is 13.6 Å². The third-order valence-corrected chi connectivity index (χ3v) is 6.83. The lowest BCUT2D eigenvalue weighted by molar-refractivity contribution is -0.148. The van der Waals surface area contributed by atoms with Crippen molar-refractivity contribution < 1.29 is 18.3 Å². The average Bonchev–Trinajstić information content (AvgIpc) is 3.26. The Labute approximate surface area is 183 Å². The van der Waals surface area contributed by atoms with Crippen LogP contribution in [0.2, 0.25) is 0 Å². The molecule has 1 aromatic heterocycles. The molecule has 3 aliphatic carbocycles. The third-order valence-electron chi connectivity index (χ3n) is 6.83. The van der Waals surface area contributed by atoms with E-state index in [1.165, 1.54) is 29.5 Å². The number of aromatic nitrogens is 2. The minimum Gasteiger partial charge on any atom is -0.463 e. The van der Waals surface area contributed by atoms with Crippen molar-refractivity contribution in [3.8, 4) is 12.1 Å². The Morgan fingerprint density at radius 1 is 1.12 bits per heavy atom. The summed E-state index contributed by atoms with van der Waals surface area (Å²) in [6.45, 7) is 0.398. The topological polar surface area (TPSA) is 91.5 Å². The number of fused-ring (bicyclic) bond motifs is 2. The second kappa shape index (κ2) is 8.26. The van der Waals surface area contributed by atoms with Crippen LogP contribution in [0.1, 0.15) is 42.9 Å². The van der Waals surface area contributed by atoms with Crippen LogP contribution < -0.4 is 4.74 Å². The molecule has 3 atom stereocenters. The van der Waals surface area contributed by atoms with E-state index in [0.717, 1.165) is 18.9 Å². The lowest BCUT2D eigenvalue weighted by Crippen LogP contribution is -2.50. The standard InChI is InChI=1S/C23H21F2N5O2/c24-18-5-16(6-19(25)8-18)21-1-2-29-30(21)22(31)20-7-17(14-3-15(20)4-14)12-32-23-27-10-13(9-26)11-28-23/h2,5-6,8,10-11,14-15,17,20-21H,1,3-4,7,12H2/t14?,15?,17-,20?,21?/m0/s1. The number of hydrazone groups is 1. The number of rotatable bonds is 5. The second-order valence-corrected chi connectivity index (χ2v) is 8.71. The highest BCUT2D eigenvalue weighted by molar-refractivity contribution is 5.82. The van der Waals surface area contributed by atoms with Crippen molar-refractivity contribution in [1.29, 1.82) is 5.26 Å². The molecule has 0 radical (unpaired) electrons. The van der Waals surface area contributed by atoms with Gasteiger partial charge in [-0.2, -0.15) is 10.4 Å². The van der Waals surface area contributed by atoms with Gasteiger partial charge in [-0.25, -0.2) is 23.8 Å². The quantitative estimate of drug-likeness (QED) is 0.712. The number of benzene rings is 1. The molecule has 2 aromatic rings. The fourth-order valence-electron chi connectivity index (χ4n) is 5.11. The van der Waals surface area contributed by atoms with E-state index < -0.39 is 17.7 Å². The fraction of sp³-hybridized carbons (Fsp3) is 0.435. The lowest BCUT2D eigenvalue weighted by atomic mass is 9.55. The molecular formula is C23H21F2N5O2. The third kappa shape index (κ3) is 3.81. The smallest absolute Gasteiger partial charge is 0.316 e. The van der Waals surface area contributed by atoms with E-state index in [4.69, 9.17) is 10.00 Å². The monoisotopic (exact) mass is 437 g/mol. The summed E-state index contributed by atoms with van der Waals surface area (Å²) in [6.07, 6.45) is 7.45. The lowest BCUT2D eigenvalue weighted by Gasteiger charge is -2.51. The maximum absolute atomic E-state index is 13.7. The van der Waals surface area contributed by atoms with Crippen molar-refractivity contribution in [2.45, 2.75) is 31.7 Å². The molecule has 0 spiro atoms. The summed E-state index contributed by atoms with van der Waals surface area (Å²) in [6, 6.07) is 5.03. The molecule has 2 unspecified atom stereocenters. The van der Waals surface area contributed by atoms with Crippen LogP contribution in [-0.4, -0.2) is 33.7 Å². The van der Waals surface area contributed by atoms with Crippen molar-refractivity contribution in [2.75, 3.05) is 6.61 Å². The van der Waals surface area contributed by atoms with Gasteiger partial charge in [0.2, 0.25) is 5.91 Å². The van der Waals surface area contributed by atoms with Crippen LogP contribution in [0.4, 0.5) is 8.78 Å². The maximum atomic E-state index is 13.7. The van der Waals surface area contributed by atoms with Crippen LogP contribution in [0.3, 0.4) is 0 Å². The van der Waals surface area contributed by atoms with E-state index in [0.29, 0.717) is 42.4 Å². The first-order chi connectivity index (χ1) is 15.5. The number of carbonyl (C=O) groups excluding carboxylic acids is 1. The predicted octanol–water partition coefficient (Wildman–Crippen LogP) is 3.63. The molecule has 1 amide bonds. The molecule has 164 valence electrons. The molecule has 0 saturated heterocycles. The Kier molecular flexibility index (Phi) is 5.29. The first-order valence-electron chi connectivity index (χ1n) is 10.7. The summed E-state index contributed by atoms with van der Waals surface area (Å²) in [4.78, 5) is 21.5. The number of amides is 1. The van der Waals surface area contributed by atoms with Crippen molar-refractivity contribution in [3.05, 3.63) is 53.4 Å². The van der Waals surface area contributed by atoms with Crippen molar-refractivity contribution in [2.24, 2.45) is 28.8 Å². The van der Waals surface area contributed by atoms with Crippen molar-refractivity contribution in [1.82, 2.24) is 15.0 Å². The van der Waals surface area contributed by atoms with E-state index in [2.05, 4.69) is 15.1 Å². The van der Waals surface area contributed by atoms with E-state index in [1.807, 2.05) is 6.07 Å². The van der Waals surface area contributed by atoms with Crippen LogP contribution in [0.5, 0.6) is 6.01 Å². The number of halogens is 2. The Balaban J connectivity index is 1.26. The minimum atomic E-state index is -0.666. The Morgan fingerprint density at radius 2 is 1.84 bits per heavy atom. The van der Waals surface area contributed by atoms with Gasteiger partial charge in [0.1, 0.15) is 17.7 Å². The van der Waals surface area contributed by atoms with E-state index >= 15 is 0 Å². The summed E-state index contributed by atoms with van der Waals surface area (Å²) in [5.41, 5.74) is 0.773.